The third kappa shape index (κ3) is 3.44. The minimum Gasteiger partial charge on any atom is -0.0619 e. The maximum atomic E-state index is 2.46. The van der Waals surface area contributed by atoms with Gasteiger partial charge in [-0.3, -0.25) is 0 Å². The number of hydrogen-bond donors (Lipinski definition) is 0. The van der Waals surface area contributed by atoms with Gasteiger partial charge in [0.1, 0.15) is 0 Å². The minimum absolute atomic E-state index is 0.0851. The average Bonchev–Trinajstić information content (AvgIpc) is 3.30. The van der Waals surface area contributed by atoms with Gasteiger partial charge in [-0.05, 0) is 106 Å². The van der Waals surface area contributed by atoms with Crippen LogP contribution < -0.4 is 0 Å². The molecule has 43 heavy (non-hydrogen) atoms. The van der Waals surface area contributed by atoms with Crippen LogP contribution in [0.3, 0.4) is 0 Å². The van der Waals surface area contributed by atoms with E-state index in [4.69, 9.17) is 0 Å². The second-order valence-corrected chi connectivity index (χ2v) is 12.5. The predicted octanol–water partition coefficient (Wildman–Crippen LogP) is 11.9. The molecule has 8 aromatic rings. The molecule has 0 atom stereocenters. The van der Waals surface area contributed by atoms with Crippen molar-refractivity contribution in [1.82, 2.24) is 0 Å². The van der Waals surface area contributed by atoms with Crippen LogP contribution in [-0.2, 0) is 5.41 Å². The van der Waals surface area contributed by atoms with Crippen molar-refractivity contribution >= 4 is 43.1 Å². The number of benzene rings is 8. The molecule has 0 saturated heterocycles. The molecule has 0 N–H and O–H groups in total. The van der Waals surface area contributed by atoms with E-state index in [1.807, 2.05) is 0 Å². The van der Waals surface area contributed by atoms with Crippen LogP contribution in [0, 0.1) is 0 Å². The van der Waals surface area contributed by atoms with Gasteiger partial charge in [0.2, 0.25) is 0 Å². The van der Waals surface area contributed by atoms with Gasteiger partial charge in [0.25, 0.3) is 0 Å². The number of fused-ring (bicyclic) bond motifs is 9. The minimum atomic E-state index is -0.0851. The summed E-state index contributed by atoms with van der Waals surface area (Å²) in [5, 5.41) is 10.4. The molecule has 9 rings (SSSR count). The Labute approximate surface area is 251 Å². The number of hydrogen-bond acceptors (Lipinski definition) is 0. The Morgan fingerprint density at radius 2 is 0.930 bits per heavy atom. The van der Waals surface area contributed by atoms with E-state index < -0.39 is 0 Å². The van der Waals surface area contributed by atoms with E-state index in [1.165, 1.54) is 87.6 Å². The first kappa shape index (κ1) is 24.4. The quantitative estimate of drug-likeness (QED) is 0.189. The molecule has 0 bridgehead atoms. The van der Waals surface area contributed by atoms with Crippen molar-refractivity contribution in [2.45, 2.75) is 19.3 Å². The van der Waals surface area contributed by atoms with Crippen LogP contribution in [0.25, 0.3) is 76.5 Å². The molecular weight excluding hydrogens is 516 g/mol. The molecule has 1 aliphatic carbocycles. The fourth-order valence-corrected chi connectivity index (χ4v) is 7.87. The summed E-state index contributed by atoms with van der Waals surface area (Å²) in [6.07, 6.45) is 0. The van der Waals surface area contributed by atoms with E-state index >= 15 is 0 Å². The maximum absolute atomic E-state index is 2.46. The molecule has 0 aromatic heterocycles. The van der Waals surface area contributed by atoms with Crippen LogP contribution in [0.1, 0.15) is 25.0 Å². The molecule has 0 nitrogen and oxygen atoms in total. The van der Waals surface area contributed by atoms with E-state index in [0.717, 1.165) is 0 Å². The Morgan fingerprint density at radius 1 is 0.372 bits per heavy atom. The Bertz CT molecular complexity index is 2420. The van der Waals surface area contributed by atoms with Crippen LogP contribution in [0.4, 0.5) is 0 Å². The van der Waals surface area contributed by atoms with E-state index in [-0.39, 0.29) is 5.41 Å². The summed E-state index contributed by atoms with van der Waals surface area (Å²) in [5.74, 6) is 0. The topological polar surface area (TPSA) is 0 Å². The summed E-state index contributed by atoms with van der Waals surface area (Å²) in [7, 11) is 0. The largest absolute Gasteiger partial charge is 0.0619 e. The highest BCUT2D eigenvalue weighted by Crippen LogP contribution is 2.53. The summed E-state index contributed by atoms with van der Waals surface area (Å²) in [6, 6.07) is 54.2. The van der Waals surface area contributed by atoms with E-state index in [2.05, 4.69) is 159 Å². The molecule has 1 aliphatic rings. The van der Waals surface area contributed by atoms with Gasteiger partial charge in [-0.15, -0.1) is 0 Å². The molecule has 202 valence electrons. The Hall–Kier alpha value is -5.20. The average molecular weight is 547 g/mol. The van der Waals surface area contributed by atoms with E-state index in [1.54, 1.807) is 0 Å². The van der Waals surface area contributed by atoms with Gasteiger partial charge in [0.15, 0.2) is 0 Å². The van der Waals surface area contributed by atoms with Gasteiger partial charge >= 0.3 is 0 Å². The zero-order valence-corrected chi connectivity index (χ0v) is 24.4. The molecular formula is C43H30. The molecule has 0 spiro atoms. The van der Waals surface area contributed by atoms with Crippen molar-refractivity contribution in [3.63, 3.8) is 0 Å². The molecule has 0 unspecified atom stereocenters. The second-order valence-electron chi connectivity index (χ2n) is 12.5. The fourth-order valence-electron chi connectivity index (χ4n) is 7.87. The zero-order chi connectivity index (χ0) is 28.7. The second kappa shape index (κ2) is 8.90. The lowest BCUT2D eigenvalue weighted by atomic mass is 9.77. The Balaban J connectivity index is 1.39. The maximum Gasteiger partial charge on any atom is 0.0165 e. The first-order valence-electron chi connectivity index (χ1n) is 15.2. The molecule has 0 aliphatic heterocycles. The Morgan fingerprint density at radius 3 is 1.70 bits per heavy atom. The van der Waals surface area contributed by atoms with Crippen LogP contribution in [0.5, 0.6) is 0 Å². The molecule has 0 radical (unpaired) electrons. The summed E-state index contributed by atoms with van der Waals surface area (Å²) >= 11 is 0. The van der Waals surface area contributed by atoms with Gasteiger partial charge in [-0.2, -0.15) is 0 Å². The SMILES string of the molecule is CC1(C)c2ccccc2-c2cccc(-c3cc4cc(-c5ccc6ccccc6c5)c5ccccc5c4c4ccccc34)c21. The third-order valence-electron chi connectivity index (χ3n) is 9.79. The summed E-state index contributed by atoms with van der Waals surface area (Å²) in [4.78, 5) is 0. The molecule has 0 fully saturated rings. The fraction of sp³-hybridized carbons (Fsp3) is 0.0698. The van der Waals surface area contributed by atoms with Crippen molar-refractivity contribution in [2.75, 3.05) is 0 Å². The number of rotatable bonds is 2. The summed E-state index contributed by atoms with van der Waals surface area (Å²) in [6.45, 7) is 4.77. The van der Waals surface area contributed by atoms with Crippen LogP contribution >= 0.6 is 0 Å². The highest BCUT2D eigenvalue weighted by molar-refractivity contribution is 6.26. The van der Waals surface area contributed by atoms with Gasteiger partial charge in [-0.25, -0.2) is 0 Å². The van der Waals surface area contributed by atoms with Crippen molar-refractivity contribution < 1.29 is 0 Å². The summed E-state index contributed by atoms with van der Waals surface area (Å²) in [5.41, 5.74) is 10.6. The van der Waals surface area contributed by atoms with E-state index in [9.17, 15) is 0 Å². The highest BCUT2D eigenvalue weighted by Gasteiger charge is 2.37. The van der Waals surface area contributed by atoms with Crippen molar-refractivity contribution in [1.29, 1.82) is 0 Å². The van der Waals surface area contributed by atoms with Crippen LogP contribution in [-0.4, -0.2) is 0 Å². The monoisotopic (exact) mass is 546 g/mol. The molecule has 0 heterocycles. The van der Waals surface area contributed by atoms with Crippen LogP contribution in [0.15, 0.2) is 146 Å². The highest BCUT2D eigenvalue weighted by atomic mass is 14.4. The standard InChI is InChI=1S/C43H30/c1-43(2)40-21-10-9-16-33(40)36-19-11-20-37(42(36)43)39-26-30-25-38(29-23-22-27-12-3-4-13-28(27)24-29)31-14-5-7-17-34(31)41(30)35-18-8-6-15-32(35)39/h3-26H,1-2H3. The lowest BCUT2D eigenvalue weighted by molar-refractivity contribution is 0.662. The molecule has 0 saturated carbocycles. The van der Waals surface area contributed by atoms with Crippen molar-refractivity contribution in [3.05, 3.63) is 157 Å². The van der Waals surface area contributed by atoms with Crippen LogP contribution in [0.2, 0.25) is 0 Å². The summed E-state index contributed by atoms with van der Waals surface area (Å²) < 4.78 is 0. The van der Waals surface area contributed by atoms with Crippen molar-refractivity contribution in [2.24, 2.45) is 0 Å². The first-order chi connectivity index (χ1) is 21.1. The molecule has 0 amide bonds. The lowest BCUT2D eigenvalue weighted by Gasteiger charge is -2.25. The lowest BCUT2D eigenvalue weighted by Crippen LogP contribution is -2.16. The first-order valence-corrected chi connectivity index (χ1v) is 15.2. The molecule has 8 aromatic carbocycles. The van der Waals surface area contributed by atoms with Gasteiger partial charge in [0, 0.05) is 5.41 Å². The third-order valence-corrected chi connectivity index (χ3v) is 9.79. The van der Waals surface area contributed by atoms with Crippen molar-refractivity contribution in [3.8, 4) is 33.4 Å². The Kier molecular flexibility index (Phi) is 5.05. The van der Waals surface area contributed by atoms with E-state index in [0.29, 0.717) is 0 Å². The molecule has 0 heteroatoms. The smallest absolute Gasteiger partial charge is 0.0165 e. The normalized spacial score (nSPS) is 13.5. The zero-order valence-electron chi connectivity index (χ0n) is 24.4. The van der Waals surface area contributed by atoms with Gasteiger partial charge in [0.05, 0.1) is 0 Å². The van der Waals surface area contributed by atoms with Gasteiger partial charge in [-0.1, -0.05) is 141 Å². The predicted molar refractivity (Wildman–Crippen MR) is 185 cm³/mol. The van der Waals surface area contributed by atoms with Gasteiger partial charge < -0.3 is 0 Å².